The zero-order valence-electron chi connectivity index (χ0n) is 9.11. The van der Waals surface area contributed by atoms with Crippen LogP contribution in [0.15, 0.2) is 23.6 Å². The second-order valence-electron chi connectivity index (χ2n) is 3.84. The first-order valence-corrected chi connectivity index (χ1v) is 6.00. The average Bonchev–Trinajstić information content (AvgIpc) is 2.82. The Kier molecular flexibility index (Phi) is 2.04. The molecular formula is C12H11N3S. The highest BCUT2D eigenvalue weighted by Crippen LogP contribution is 2.27. The Bertz CT molecular complexity index is 651. The number of aromatic nitrogens is 3. The van der Waals surface area contributed by atoms with Crippen molar-refractivity contribution in [2.24, 2.45) is 0 Å². The van der Waals surface area contributed by atoms with Crippen LogP contribution in [0.2, 0.25) is 0 Å². The molecule has 0 saturated carbocycles. The predicted molar refractivity (Wildman–Crippen MR) is 66.7 cm³/mol. The van der Waals surface area contributed by atoms with Crippen molar-refractivity contribution in [1.82, 2.24) is 15.0 Å². The quantitative estimate of drug-likeness (QED) is 0.695. The van der Waals surface area contributed by atoms with Crippen LogP contribution < -0.4 is 0 Å². The van der Waals surface area contributed by atoms with Gasteiger partial charge in [-0.1, -0.05) is 0 Å². The van der Waals surface area contributed by atoms with Crippen molar-refractivity contribution >= 4 is 22.5 Å². The van der Waals surface area contributed by atoms with Gasteiger partial charge in [-0.3, -0.25) is 0 Å². The molecule has 3 aromatic heterocycles. The van der Waals surface area contributed by atoms with Crippen LogP contribution in [0.3, 0.4) is 0 Å². The second-order valence-corrected chi connectivity index (χ2v) is 4.76. The molecule has 0 fully saturated rings. The molecule has 0 aliphatic heterocycles. The highest BCUT2D eigenvalue weighted by Gasteiger charge is 2.09. The van der Waals surface area contributed by atoms with E-state index in [1.165, 1.54) is 10.4 Å². The van der Waals surface area contributed by atoms with Gasteiger partial charge in [-0.05, 0) is 43.0 Å². The smallest absolute Gasteiger partial charge is 0.178 e. The number of thiophene rings is 1. The first kappa shape index (κ1) is 9.54. The lowest BCUT2D eigenvalue weighted by Gasteiger charge is -1.91. The Hall–Kier alpha value is -1.68. The number of aryl methyl sites for hydroxylation is 2. The fourth-order valence-corrected chi connectivity index (χ4v) is 2.58. The summed E-state index contributed by atoms with van der Waals surface area (Å²) in [6.45, 7) is 4.07. The molecule has 0 aliphatic rings. The number of hydrogen-bond donors (Lipinski definition) is 1. The molecule has 0 bridgehead atoms. The Balaban J connectivity index is 2.23. The van der Waals surface area contributed by atoms with Gasteiger partial charge in [0.1, 0.15) is 0 Å². The fourth-order valence-electron chi connectivity index (χ4n) is 1.71. The van der Waals surface area contributed by atoms with Crippen molar-refractivity contribution in [3.8, 4) is 10.7 Å². The van der Waals surface area contributed by atoms with Gasteiger partial charge in [-0.2, -0.15) is 0 Å². The molecule has 4 heteroatoms. The van der Waals surface area contributed by atoms with Gasteiger partial charge in [0.05, 0.1) is 10.4 Å². The van der Waals surface area contributed by atoms with E-state index in [-0.39, 0.29) is 0 Å². The lowest BCUT2D eigenvalue weighted by atomic mass is 10.3. The maximum absolute atomic E-state index is 4.52. The van der Waals surface area contributed by atoms with Crippen LogP contribution in [0.1, 0.15) is 11.3 Å². The summed E-state index contributed by atoms with van der Waals surface area (Å²) in [5, 5.41) is 2.08. The number of rotatable bonds is 1. The van der Waals surface area contributed by atoms with Gasteiger partial charge in [-0.15, -0.1) is 11.3 Å². The van der Waals surface area contributed by atoms with E-state index in [0.29, 0.717) is 0 Å². The molecule has 0 saturated heterocycles. The van der Waals surface area contributed by atoms with Crippen LogP contribution in [0.5, 0.6) is 0 Å². The Labute approximate surface area is 97.2 Å². The van der Waals surface area contributed by atoms with Crippen molar-refractivity contribution in [2.45, 2.75) is 13.8 Å². The van der Waals surface area contributed by atoms with Crippen LogP contribution in [0.4, 0.5) is 0 Å². The molecule has 0 amide bonds. The van der Waals surface area contributed by atoms with Crippen LogP contribution in [0, 0.1) is 13.8 Å². The molecule has 16 heavy (non-hydrogen) atoms. The largest absolute Gasteiger partial charge is 0.336 e. The van der Waals surface area contributed by atoms with E-state index in [0.717, 1.165) is 22.7 Å². The standard InChI is InChI=1S/C12H11N3S/c1-7-5-6-16-10(7)12-14-9-4-3-8(2)13-11(9)15-12/h3-6H,1-2H3,(H,13,14,15). The highest BCUT2D eigenvalue weighted by molar-refractivity contribution is 7.13. The van der Waals surface area contributed by atoms with Gasteiger partial charge in [0, 0.05) is 5.69 Å². The molecule has 1 N–H and O–H groups in total. The predicted octanol–water partition coefficient (Wildman–Crippen LogP) is 3.30. The normalized spacial score (nSPS) is 11.1. The van der Waals surface area contributed by atoms with Crippen molar-refractivity contribution in [1.29, 1.82) is 0 Å². The number of fused-ring (bicyclic) bond motifs is 1. The van der Waals surface area contributed by atoms with E-state index in [1.54, 1.807) is 11.3 Å². The third-order valence-corrected chi connectivity index (χ3v) is 3.59. The number of aromatic amines is 1. The number of H-pyrrole nitrogens is 1. The van der Waals surface area contributed by atoms with E-state index in [2.05, 4.69) is 33.3 Å². The SMILES string of the molecule is Cc1ccc2[nH]c(-c3sccc3C)nc2n1. The van der Waals surface area contributed by atoms with Crippen molar-refractivity contribution < 1.29 is 0 Å². The molecule has 0 spiro atoms. The Morgan fingerprint density at radius 1 is 1.12 bits per heavy atom. The topological polar surface area (TPSA) is 41.6 Å². The molecule has 3 rings (SSSR count). The van der Waals surface area contributed by atoms with E-state index in [9.17, 15) is 0 Å². The van der Waals surface area contributed by atoms with Gasteiger partial charge < -0.3 is 4.98 Å². The molecule has 0 radical (unpaired) electrons. The molecule has 80 valence electrons. The number of pyridine rings is 1. The Morgan fingerprint density at radius 2 is 2.00 bits per heavy atom. The van der Waals surface area contributed by atoms with Crippen LogP contribution in [-0.4, -0.2) is 15.0 Å². The second kappa shape index (κ2) is 3.42. The molecule has 3 aromatic rings. The lowest BCUT2D eigenvalue weighted by Crippen LogP contribution is -1.80. The molecule has 3 heterocycles. The average molecular weight is 229 g/mol. The highest BCUT2D eigenvalue weighted by atomic mass is 32.1. The third-order valence-electron chi connectivity index (χ3n) is 2.56. The summed E-state index contributed by atoms with van der Waals surface area (Å²) >= 11 is 1.70. The summed E-state index contributed by atoms with van der Waals surface area (Å²) in [7, 11) is 0. The molecular weight excluding hydrogens is 218 g/mol. The zero-order chi connectivity index (χ0) is 11.1. The van der Waals surface area contributed by atoms with E-state index in [4.69, 9.17) is 0 Å². The van der Waals surface area contributed by atoms with Gasteiger partial charge in [0.15, 0.2) is 11.5 Å². The third kappa shape index (κ3) is 1.42. The maximum Gasteiger partial charge on any atom is 0.178 e. The van der Waals surface area contributed by atoms with Crippen LogP contribution in [0.25, 0.3) is 21.9 Å². The number of nitrogens with one attached hydrogen (secondary N) is 1. The van der Waals surface area contributed by atoms with Gasteiger partial charge in [-0.25, -0.2) is 9.97 Å². The van der Waals surface area contributed by atoms with Crippen molar-refractivity contribution in [3.05, 3.63) is 34.8 Å². The Morgan fingerprint density at radius 3 is 2.75 bits per heavy atom. The summed E-state index contributed by atoms with van der Waals surface area (Å²) in [6, 6.07) is 6.12. The maximum atomic E-state index is 4.52. The summed E-state index contributed by atoms with van der Waals surface area (Å²) in [6.07, 6.45) is 0. The van der Waals surface area contributed by atoms with E-state index >= 15 is 0 Å². The number of hydrogen-bond acceptors (Lipinski definition) is 3. The van der Waals surface area contributed by atoms with Crippen molar-refractivity contribution in [3.63, 3.8) is 0 Å². The lowest BCUT2D eigenvalue weighted by molar-refractivity contribution is 1.22. The minimum atomic E-state index is 0.794. The van der Waals surface area contributed by atoms with Gasteiger partial charge in [0.25, 0.3) is 0 Å². The summed E-state index contributed by atoms with van der Waals surface area (Å²) in [5.41, 5.74) is 4.03. The van der Waals surface area contributed by atoms with Gasteiger partial charge >= 0.3 is 0 Å². The summed E-state index contributed by atoms with van der Waals surface area (Å²) in [4.78, 5) is 13.4. The number of nitrogens with zero attached hydrogens (tertiary/aromatic N) is 2. The summed E-state index contributed by atoms with van der Waals surface area (Å²) < 4.78 is 0. The zero-order valence-corrected chi connectivity index (χ0v) is 9.93. The van der Waals surface area contributed by atoms with Crippen LogP contribution in [-0.2, 0) is 0 Å². The minimum absolute atomic E-state index is 0.794. The minimum Gasteiger partial charge on any atom is -0.336 e. The van der Waals surface area contributed by atoms with Crippen LogP contribution >= 0.6 is 11.3 Å². The summed E-state index contributed by atoms with van der Waals surface area (Å²) in [5.74, 6) is 0.917. The van der Waals surface area contributed by atoms with Crippen molar-refractivity contribution in [2.75, 3.05) is 0 Å². The molecule has 0 aromatic carbocycles. The molecule has 0 unspecified atom stereocenters. The fraction of sp³-hybridized carbons (Fsp3) is 0.167. The first-order valence-electron chi connectivity index (χ1n) is 5.12. The molecule has 0 aliphatic carbocycles. The number of imidazole rings is 1. The molecule has 0 atom stereocenters. The monoisotopic (exact) mass is 229 g/mol. The molecule has 3 nitrogen and oxygen atoms in total. The van der Waals surface area contributed by atoms with E-state index in [1.807, 2.05) is 19.1 Å². The first-order chi connectivity index (χ1) is 7.74. The van der Waals surface area contributed by atoms with Gasteiger partial charge in [0.2, 0.25) is 0 Å². The van der Waals surface area contributed by atoms with E-state index < -0.39 is 0 Å².